The Morgan fingerprint density at radius 2 is 1.17 bits per heavy atom. The molecule has 0 heterocycles. The topological polar surface area (TPSA) is 57.2 Å². The predicted octanol–water partition coefficient (Wildman–Crippen LogP) is 9.82. The first-order valence-corrected chi connectivity index (χ1v) is 20.5. The van der Waals surface area contributed by atoms with Crippen LogP contribution in [0.1, 0.15) is 82.4 Å². The molecule has 0 bridgehead atoms. The normalized spacial score (nSPS) is 16.4. The number of hydrogen-bond donors (Lipinski definition) is 0. The van der Waals surface area contributed by atoms with E-state index in [4.69, 9.17) is 13.0 Å². The molecule has 4 aromatic rings. The Labute approximate surface area is 311 Å². The summed E-state index contributed by atoms with van der Waals surface area (Å²) in [6, 6.07) is 39.9. The van der Waals surface area contributed by atoms with Crippen molar-refractivity contribution in [3.05, 3.63) is 115 Å². The summed E-state index contributed by atoms with van der Waals surface area (Å²) in [5, 5.41) is 4.59. The van der Waals surface area contributed by atoms with Gasteiger partial charge in [0.05, 0.1) is 0 Å². The molecule has 0 aliphatic heterocycles. The molecule has 0 aromatic heterocycles. The van der Waals surface area contributed by atoms with Gasteiger partial charge < -0.3 is 4.55 Å². The summed E-state index contributed by atoms with van der Waals surface area (Å²) in [5.74, 6) is 0. The molecule has 0 N–H and O–H groups in total. The first-order chi connectivity index (χ1) is 22.1. The molecule has 11 heteroatoms. The summed E-state index contributed by atoms with van der Waals surface area (Å²) in [6.45, 7) is 2.62. The van der Waals surface area contributed by atoms with Gasteiger partial charge in [0.25, 0.3) is 0 Å². The van der Waals surface area contributed by atoms with Crippen LogP contribution in [-0.2, 0) is 46.7 Å². The van der Waals surface area contributed by atoms with E-state index in [0.717, 1.165) is 11.3 Å². The van der Waals surface area contributed by atoms with Gasteiger partial charge in [-0.1, -0.05) is 106 Å². The SMILES string of the molecule is C[C@H]([c-]1cccc1P(c1ccccc1)c1ccccc1)P(C1CCCCC1)C1CCCCC1.O=S(=O)([O-])C(F)(F)F.[Fe+2].[Rh].c1cc[cH-]c1. The number of alkyl halides is 3. The van der Waals surface area contributed by atoms with E-state index < -0.39 is 23.5 Å². The van der Waals surface area contributed by atoms with E-state index in [1.54, 1.807) is 10.9 Å². The van der Waals surface area contributed by atoms with E-state index in [1.165, 1.54) is 74.8 Å². The molecule has 2 aliphatic rings. The minimum absolute atomic E-state index is 0. The third kappa shape index (κ3) is 12.6. The Morgan fingerprint density at radius 3 is 1.52 bits per heavy atom. The summed E-state index contributed by atoms with van der Waals surface area (Å²) in [6.07, 6.45) is 14.8. The van der Waals surface area contributed by atoms with Crippen molar-refractivity contribution in [2.45, 2.75) is 93.6 Å². The van der Waals surface area contributed by atoms with Crippen LogP contribution in [-0.4, -0.2) is 29.8 Å². The van der Waals surface area contributed by atoms with Gasteiger partial charge in [-0.25, -0.2) is 32.7 Å². The van der Waals surface area contributed by atoms with Crippen LogP contribution in [0.15, 0.2) is 109 Å². The molecule has 3 nitrogen and oxygen atoms in total. The molecule has 0 spiro atoms. The summed E-state index contributed by atoms with van der Waals surface area (Å²) in [4.78, 5) is 0. The van der Waals surface area contributed by atoms with Crippen LogP contribution in [0.4, 0.5) is 13.2 Å². The molecule has 0 amide bonds. The number of hydrogen-bond acceptors (Lipinski definition) is 3. The first-order valence-electron chi connectivity index (χ1n) is 16.2. The van der Waals surface area contributed by atoms with Gasteiger partial charge in [-0.05, 0) is 61.2 Å². The molecule has 2 fully saturated rings. The van der Waals surface area contributed by atoms with Gasteiger partial charge in [0.1, 0.15) is 0 Å². The maximum absolute atomic E-state index is 10.7. The van der Waals surface area contributed by atoms with Gasteiger partial charge >= 0.3 is 22.6 Å². The minimum Gasteiger partial charge on any atom is -0.741 e. The van der Waals surface area contributed by atoms with E-state index in [-0.39, 0.29) is 44.5 Å². The van der Waals surface area contributed by atoms with Crippen LogP contribution in [0.25, 0.3) is 0 Å². The Hall–Kier alpha value is -1.16. The molecule has 0 saturated heterocycles. The molecule has 2 saturated carbocycles. The predicted molar refractivity (Wildman–Crippen MR) is 188 cm³/mol. The second-order valence-electron chi connectivity index (χ2n) is 11.9. The Kier molecular flexibility index (Phi) is 19.1. The van der Waals surface area contributed by atoms with Gasteiger partial charge in [0.2, 0.25) is 0 Å². The molecule has 1 atom stereocenters. The molecular weight excluding hydrogens is 802 g/mol. The van der Waals surface area contributed by atoms with Gasteiger partial charge in [-0.2, -0.15) is 37.4 Å². The third-order valence-electron chi connectivity index (χ3n) is 8.82. The average molecular weight is 847 g/mol. The van der Waals surface area contributed by atoms with Crippen LogP contribution in [0.3, 0.4) is 0 Å². The maximum Gasteiger partial charge on any atom is 2.00 e. The van der Waals surface area contributed by atoms with Crippen molar-refractivity contribution in [1.29, 1.82) is 0 Å². The average Bonchev–Trinajstić information content (AvgIpc) is 3.79. The van der Waals surface area contributed by atoms with Gasteiger partial charge in [-0.3, -0.25) is 0 Å². The molecule has 1 radical (unpaired) electrons. The zero-order valence-electron chi connectivity index (χ0n) is 27.0. The maximum atomic E-state index is 10.7. The molecule has 48 heavy (non-hydrogen) atoms. The summed E-state index contributed by atoms with van der Waals surface area (Å²) in [5.41, 5.74) is -1.26. The minimum atomic E-state index is -6.09. The van der Waals surface area contributed by atoms with Crippen LogP contribution >= 0.6 is 15.8 Å². The second kappa shape index (κ2) is 21.3. The monoisotopic (exact) mass is 846 g/mol. The molecule has 6 rings (SSSR count). The first kappa shape index (κ1) is 43.0. The quantitative estimate of drug-likeness (QED) is 0.0613. The smallest absolute Gasteiger partial charge is 0.741 e. The van der Waals surface area contributed by atoms with E-state index in [2.05, 4.69) is 85.8 Å². The Morgan fingerprint density at radius 1 is 0.750 bits per heavy atom. The van der Waals surface area contributed by atoms with E-state index in [0.29, 0.717) is 5.66 Å². The van der Waals surface area contributed by atoms with Crippen LogP contribution in [0.2, 0.25) is 0 Å². The molecule has 2 aliphatic carbocycles. The van der Waals surface area contributed by atoms with Crippen LogP contribution < -0.4 is 15.9 Å². The van der Waals surface area contributed by atoms with Crippen molar-refractivity contribution in [2.75, 3.05) is 0 Å². The second-order valence-corrected chi connectivity index (χ2v) is 18.6. The third-order valence-corrected chi connectivity index (χ3v) is 15.8. The number of rotatable bonds is 7. The van der Waals surface area contributed by atoms with Gasteiger partial charge in [0.15, 0.2) is 10.1 Å². The van der Waals surface area contributed by atoms with Crippen LogP contribution in [0, 0.1) is 0 Å². The van der Waals surface area contributed by atoms with E-state index in [9.17, 15) is 13.2 Å². The molecule has 0 unspecified atom stereocenters. The zero-order valence-corrected chi connectivity index (χ0v) is 32.4. The molecule has 4 aromatic carbocycles. The van der Waals surface area contributed by atoms with E-state index in [1.807, 2.05) is 30.3 Å². The van der Waals surface area contributed by atoms with Crippen molar-refractivity contribution in [3.8, 4) is 0 Å². The summed E-state index contributed by atoms with van der Waals surface area (Å²) >= 11 is 0. The van der Waals surface area contributed by atoms with Gasteiger partial charge in [-0.15, -0.1) is 18.8 Å². The van der Waals surface area contributed by atoms with Gasteiger partial charge in [0, 0.05) is 19.5 Å². The zero-order chi connectivity index (χ0) is 33.0. The fraction of sp³-hybridized carbons (Fsp3) is 0.405. The number of benzene rings is 2. The van der Waals surface area contributed by atoms with E-state index >= 15 is 0 Å². The van der Waals surface area contributed by atoms with Crippen molar-refractivity contribution in [2.24, 2.45) is 0 Å². The fourth-order valence-corrected chi connectivity index (χ4v) is 13.7. The molecule has 265 valence electrons. The van der Waals surface area contributed by atoms with Crippen LogP contribution in [0.5, 0.6) is 0 Å². The summed E-state index contributed by atoms with van der Waals surface area (Å²) in [7, 11) is -6.58. The van der Waals surface area contributed by atoms with Crippen molar-refractivity contribution in [1.82, 2.24) is 0 Å². The Bertz CT molecular complexity index is 1430. The Balaban J connectivity index is 0.000000450. The standard InChI is InChI=1S/C31H39P2.C5H5.CHF3O3S.Fe.Rh/c1-25(32(26-15-6-2-7-16-26)27-17-8-3-9-18-27)30-23-14-24-31(30)33(28-19-10-4-11-20-28)29-21-12-5-13-22-29;1-2-4-5-3-1;2-1(3,4)8(5,6)7;;/h4-5,10-14,19-27H,2-3,6-9,15-18H2,1H3;1-5H;(H,5,6,7);;/q2*-1;;+2;/p-1/t25-;;;;/m1..../s1. The van der Waals surface area contributed by atoms with Crippen molar-refractivity contribution in [3.63, 3.8) is 0 Å². The largest absolute Gasteiger partial charge is 2.00 e. The molecular formula is C37H44F3FeO3P2RhS-. The van der Waals surface area contributed by atoms with Crippen molar-refractivity contribution >= 4 is 41.9 Å². The van der Waals surface area contributed by atoms with Crippen molar-refractivity contribution < 1.29 is 62.7 Å². The number of halogens is 3. The fourth-order valence-electron chi connectivity index (χ4n) is 6.73. The summed E-state index contributed by atoms with van der Waals surface area (Å²) < 4.78 is 58.9.